The van der Waals surface area contributed by atoms with Gasteiger partial charge >= 0.3 is 5.97 Å². The van der Waals surface area contributed by atoms with E-state index in [1.807, 2.05) is 30.3 Å². The molecule has 0 unspecified atom stereocenters. The summed E-state index contributed by atoms with van der Waals surface area (Å²) in [5.41, 5.74) is 1.04. The van der Waals surface area contributed by atoms with Crippen LogP contribution in [-0.2, 0) is 4.79 Å². The van der Waals surface area contributed by atoms with Crippen LogP contribution in [0, 0.1) is 0 Å². The normalized spacial score (nSPS) is 11.0. The second-order valence-corrected chi connectivity index (χ2v) is 5.90. The Labute approximate surface area is 122 Å². The molecule has 0 atom stereocenters. The van der Waals surface area contributed by atoms with Gasteiger partial charge in [-0.25, -0.2) is 4.79 Å². The van der Waals surface area contributed by atoms with Gasteiger partial charge in [-0.05, 0) is 30.3 Å². The van der Waals surface area contributed by atoms with E-state index in [1.54, 1.807) is 6.08 Å². The Morgan fingerprint density at radius 2 is 2.11 bits per heavy atom. The fourth-order valence-electron chi connectivity index (χ4n) is 1.43. The Balaban J connectivity index is 2.32. The summed E-state index contributed by atoms with van der Waals surface area (Å²) in [6, 6.07) is 9.45. The van der Waals surface area contributed by atoms with Crippen molar-refractivity contribution >= 4 is 50.9 Å². The molecule has 1 heterocycles. The van der Waals surface area contributed by atoms with E-state index in [0.717, 1.165) is 25.9 Å². The molecule has 0 spiro atoms. The number of carbonyl (C=O) groups is 1. The SMILES string of the molecule is O=C(O)/C=C/c1ccc(-c2ccc(Cl)cc2Br)s1. The third kappa shape index (κ3) is 3.22. The van der Waals surface area contributed by atoms with Crippen LogP contribution in [0.15, 0.2) is 40.9 Å². The molecule has 92 valence electrons. The fourth-order valence-corrected chi connectivity index (χ4v) is 3.41. The summed E-state index contributed by atoms with van der Waals surface area (Å²) in [5.74, 6) is -0.947. The van der Waals surface area contributed by atoms with Gasteiger partial charge in [0.1, 0.15) is 0 Å². The second kappa shape index (κ2) is 5.69. The fraction of sp³-hybridized carbons (Fsp3) is 0. The second-order valence-electron chi connectivity index (χ2n) is 3.50. The highest BCUT2D eigenvalue weighted by atomic mass is 79.9. The van der Waals surface area contributed by atoms with Crippen molar-refractivity contribution in [2.75, 3.05) is 0 Å². The first-order valence-corrected chi connectivity index (χ1v) is 7.01. The molecule has 1 aromatic carbocycles. The Bertz CT molecular complexity index is 619. The molecule has 0 aliphatic heterocycles. The van der Waals surface area contributed by atoms with Gasteiger partial charge < -0.3 is 5.11 Å². The van der Waals surface area contributed by atoms with Crippen molar-refractivity contribution in [3.05, 3.63) is 50.8 Å². The molecule has 0 fully saturated rings. The Morgan fingerprint density at radius 3 is 2.78 bits per heavy atom. The van der Waals surface area contributed by atoms with Crippen molar-refractivity contribution in [3.63, 3.8) is 0 Å². The number of halogens is 2. The first-order chi connectivity index (χ1) is 8.56. The first-order valence-electron chi connectivity index (χ1n) is 5.02. The lowest BCUT2D eigenvalue weighted by atomic mass is 10.2. The zero-order chi connectivity index (χ0) is 13.1. The number of carboxylic acid groups (broad SMARTS) is 1. The molecular formula is C13H8BrClO2S. The van der Waals surface area contributed by atoms with Crippen molar-refractivity contribution in [2.45, 2.75) is 0 Å². The summed E-state index contributed by atoms with van der Waals surface area (Å²) in [4.78, 5) is 12.4. The number of hydrogen-bond donors (Lipinski definition) is 1. The minimum absolute atomic E-state index is 0.674. The van der Waals surface area contributed by atoms with Gasteiger partial charge in [-0.1, -0.05) is 33.6 Å². The van der Waals surface area contributed by atoms with Crippen LogP contribution >= 0.6 is 38.9 Å². The molecule has 2 rings (SSSR count). The van der Waals surface area contributed by atoms with Crippen LogP contribution in [0.25, 0.3) is 16.5 Å². The standard InChI is InChI=1S/C13H8BrClO2S/c14-11-7-8(15)1-4-10(11)12-5-2-9(18-12)3-6-13(16)17/h1-7H,(H,16,17)/b6-3+. The Hall–Kier alpha value is -1.10. The van der Waals surface area contributed by atoms with Gasteiger partial charge in [-0.3, -0.25) is 0 Å². The zero-order valence-electron chi connectivity index (χ0n) is 9.06. The van der Waals surface area contributed by atoms with Crippen LogP contribution in [0.5, 0.6) is 0 Å². The average molecular weight is 344 g/mol. The average Bonchev–Trinajstić information content (AvgIpc) is 2.75. The molecule has 1 aromatic heterocycles. The molecule has 0 saturated carbocycles. The number of thiophene rings is 1. The van der Waals surface area contributed by atoms with E-state index in [0.29, 0.717) is 5.02 Å². The number of hydrogen-bond acceptors (Lipinski definition) is 2. The van der Waals surface area contributed by atoms with Crippen molar-refractivity contribution in [2.24, 2.45) is 0 Å². The van der Waals surface area contributed by atoms with E-state index in [9.17, 15) is 4.79 Å². The van der Waals surface area contributed by atoms with Crippen molar-refractivity contribution in [1.82, 2.24) is 0 Å². The van der Waals surface area contributed by atoms with E-state index in [4.69, 9.17) is 16.7 Å². The summed E-state index contributed by atoms with van der Waals surface area (Å²) >= 11 is 10.9. The van der Waals surface area contributed by atoms with Gasteiger partial charge in [-0.15, -0.1) is 11.3 Å². The molecule has 2 nitrogen and oxygen atoms in total. The molecule has 18 heavy (non-hydrogen) atoms. The first kappa shape index (κ1) is 13.3. The van der Waals surface area contributed by atoms with Crippen LogP contribution in [0.3, 0.4) is 0 Å². The lowest BCUT2D eigenvalue weighted by molar-refractivity contribution is -0.131. The third-order valence-corrected chi connectivity index (χ3v) is 4.19. The highest BCUT2D eigenvalue weighted by Crippen LogP contribution is 2.35. The number of aliphatic carboxylic acids is 1. The molecule has 0 radical (unpaired) electrons. The molecule has 1 N–H and O–H groups in total. The van der Waals surface area contributed by atoms with E-state index in [1.165, 1.54) is 11.3 Å². The van der Waals surface area contributed by atoms with Gasteiger partial charge in [-0.2, -0.15) is 0 Å². The number of carboxylic acids is 1. The summed E-state index contributed by atoms with van der Waals surface area (Å²) in [6.45, 7) is 0. The predicted octanol–water partition coefficient (Wildman–Crippen LogP) is 4.93. The topological polar surface area (TPSA) is 37.3 Å². The van der Waals surface area contributed by atoms with Crippen LogP contribution in [0.2, 0.25) is 5.02 Å². The lowest BCUT2D eigenvalue weighted by Crippen LogP contribution is -1.84. The molecule has 0 amide bonds. The maximum Gasteiger partial charge on any atom is 0.328 e. The quantitative estimate of drug-likeness (QED) is 0.802. The van der Waals surface area contributed by atoms with Crippen molar-refractivity contribution < 1.29 is 9.90 Å². The van der Waals surface area contributed by atoms with Gasteiger partial charge in [0, 0.05) is 30.9 Å². The highest BCUT2D eigenvalue weighted by Gasteiger charge is 2.06. The van der Waals surface area contributed by atoms with E-state index in [-0.39, 0.29) is 0 Å². The molecule has 0 aliphatic rings. The maximum absolute atomic E-state index is 10.4. The Kier molecular flexibility index (Phi) is 4.22. The molecular weight excluding hydrogens is 336 g/mol. The largest absolute Gasteiger partial charge is 0.478 e. The molecule has 5 heteroatoms. The molecule has 0 bridgehead atoms. The Morgan fingerprint density at radius 1 is 1.33 bits per heavy atom. The minimum Gasteiger partial charge on any atom is -0.478 e. The molecule has 0 saturated heterocycles. The summed E-state index contributed by atoms with van der Waals surface area (Å²) in [6.07, 6.45) is 2.72. The van der Waals surface area contributed by atoms with E-state index in [2.05, 4.69) is 15.9 Å². The number of benzene rings is 1. The zero-order valence-corrected chi connectivity index (χ0v) is 12.2. The summed E-state index contributed by atoms with van der Waals surface area (Å²) in [5, 5.41) is 9.24. The van der Waals surface area contributed by atoms with Crippen LogP contribution < -0.4 is 0 Å². The van der Waals surface area contributed by atoms with Crippen LogP contribution in [-0.4, -0.2) is 11.1 Å². The highest BCUT2D eigenvalue weighted by molar-refractivity contribution is 9.10. The van der Waals surface area contributed by atoms with E-state index < -0.39 is 5.97 Å². The maximum atomic E-state index is 10.4. The monoisotopic (exact) mass is 342 g/mol. The van der Waals surface area contributed by atoms with Gasteiger partial charge in [0.05, 0.1) is 0 Å². The van der Waals surface area contributed by atoms with Gasteiger partial charge in [0.2, 0.25) is 0 Å². The van der Waals surface area contributed by atoms with Crippen LogP contribution in [0.1, 0.15) is 4.88 Å². The van der Waals surface area contributed by atoms with Gasteiger partial charge in [0.25, 0.3) is 0 Å². The molecule has 2 aromatic rings. The summed E-state index contributed by atoms with van der Waals surface area (Å²) < 4.78 is 0.922. The van der Waals surface area contributed by atoms with Crippen LogP contribution in [0.4, 0.5) is 0 Å². The summed E-state index contributed by atoms with van der Waals surface area (Å²) in [7, 11) is 0. The van der Waals surface area contributed by atoms with Crippen molar-refractivity contribution in [3.8, 4) is 10.4 Å². The predicted molar refractivity (Wildman–Crippen MR) is 79.1 cm³/mol. The lowest BCUT2D eigenvalue weighted by Gasteiger charge is -2.01. The smallest absolute Gasteiger partial charge is 0.328 e. The van der Waals surface area contributed by atoms with Crippen molar-refractivity contribution in [1.29, 1.82) is 0 Å². The third-order valence-electron chi connectivity index (χ3n) is 2.21. The van der Waals surface area contributed by atoms with E-state index >= 15 is 0 Å². The van der Waals surface area contributed by atoms with Gasteiger partial charge in [0.15, 0.2) is 0 Å². The number of rotatable bonds is 3. The minimum atomic E-state index is -0.947. The molecule has 0 aliphatic carbocycles.